The van der Waals surface area contributed by atoms with Crippen LogP contribution in [-0.2, 0) is 6.61 Å². The minimum Gasteiger partial charge on any atom is -0.493 e. The minimum absolute atomic E-state index is 0.285. The van der Waals surface area contributed by atoms with Gasteiger partial charge in [0.1, 0.15) is 12.4 Å². The summed E-state index contributed by atoms with van der Waals surface area (Å²) < 4.78 is 12.0. The van der Waals surface area contributed by atoms with Crippen molar-refractivity contribution in [3.63, 3.8) is 0 Å². The van der Waals surface area contributed by atoms with Gasteiger partial charge in [0, 0.05) is 21.3 Å². The molecule has 0 radical (unpaired) electrons. The average molecular weight is 448 g/mol. The normalized spacial score (nSPS) is 10.3. The van der Waals surface area contributed by atoms with Gasteiger partial charge in [0.15, 0.2) is 11.5 Å². The van der Waals surface area contributed by atoms with Crippen LogP contribution in [0.1, 0.15) is 15.9 Å². The van der Waals surface area contributed by atoms with E-state index in [1.54, 1.807) is 48.7 Å². The lowest BCUT2D eigenvalue weighted by Gasteiger charge is -2.12. The lowest BCUT2D eigenvalue weighted by Crippen LogP contribution is -2.13. The highest BCUT2D eigenvalue weighted by Gasteiger charge is 2.12. The molecule has 1 aromatic heterocycles. The van der Waals surface area contributed by atoms with Crippen LogP contribution in [-0.4, -0.2) is 18.0 Å². The third kappa shape index (κ3) is 5.21. The van der Waals surface area contributed by atoms with Crippen LogP contribution in [0, 0.1) is 0 Å². The Balaban J connectivity index is 1.70. The molecule has 1 N–H and O–H groups in total. The molecular weight excluding hydrogens is 432 g/mol. The summed E-state index contributed by atoms with van der Waals surface area (Å²) in [5.74, 6) is 1.20. The van der Waals surface area contributed by atoms with E-state index in [4.69, 9.17) is 21.1 Å². The molecule has 0 aliphatic rings. The molecule has 1 heterocycles. The first kappa shape index (κ1) is 19.2. The van der Waals surface area contributed by atoms with Crippen molar-refractivity contribution in [2.45, 2.75) is 6.61 Å². The maximum Gasteiger partial charge on any atom is 0.256 e. The van der Waals surface area contributed by atoms with Crippen LogP contribution in [0.15, 0.2) is 65.3 Å². The number of amides is 1. The zero-order chi connectivity index (χ0) is 19.2. The number of rotatable bonds is 6. The zero-order valence-electron chi connectivity index (χ0n) is 14.4. The van der Waals surface area contributed by atoms with E-state index in [-0.39, 0.29) is 5.91 Å². The predicted octanol–water partition coefficient (Wildman–Crippen LogP) is 5.34. The summed E-state index contributed by atoms with van der Waals surface area (Å²) in [6, 6.07) is 15.9. The standard InChI is InChI=1S/C20H16BrClN2O3/c1-26-18-10-14(20(25)24-19-9-5-15(21)11-23-19)4-8-17(18)27-12-13-2-6-16(22)7-3-13/h2-11H,12H2,1H3,(H,23,24,25). The van der Waals surface area contributed by atoms with Crippen molar-refractivity contribution in [2.75, 3.05) is 12.4 Å². The smallest absolute Gasteiger partial charge is 0.256 e. The van der Waals surface area contributed by atoms with Gasteiger partial charge in [-0.3, -0.25) is 4.79 Å². The summed E-state index contributed by atoms with van der Waals surface area (Å²) in [5, 5.41) is 3.41. The number of benzene rings is 2. The van der Waals surface area contributed by atoms with Gasteiger partial charge in [-0.15, -0.1) is 0 Å². The zero-order valence-corrected chi connectivity index (χ0v) is 16.8. The third-order valence-corrected chi connectivity index (χ3v) is 4.42. The molecule has 27 heavy (non-hydrogen) atoms. The second kappa shape index (κ2) is 8.88. The van der Waals surface area contributed by atoms with Gasteiger partial charge in [-0.2, -0.15) is 0 Å². The number of nitrogens with zero attached hydrogens (tertiary/aromatic N) is 1. The van der Waals surface area contributed by atoms with Gasteiger partial charge >= 0.3 is 0 Å². The van der Waals surface area contributed by atoms with E-state index in [1.165, 1.54) is 7.11 Å². The largest absolute Gasteiger partial charge is 0.493 e. The Morgan fingerprint density at radius 2 is 1.89 bits per heavy atom. The minimum atomic E-state index is -0.285. The van der Waals surface area contributed by atoms with Gasteiger partial charge in [-0.25, -0.2) is 4.98 Å². The summed E-state index contributed by atoms with van der Waals surface area (Å²) in [7, 11) is 1.53. The monoisotopic (exact) mass is 446 g/mol. The fraction of sp³-hybridized carbons (Fsp3) is 0.100. The maximum atomic E-state index is 12.4. The van der Waals surface area contributed by atoms with Crippen molar-refractivity contribution in [3.8, 4) is 11.5 Å². The van der Waals surface area contributed by atoms with Gasteiger partial charge in [0.25, 0.3) is 5.91 Å². The Bertz CT molecular complexity index is 931. The first-order chi connectivity index (χ1) is 13.0. The van der Waals surface area contributed by atoms with E-state index < -0.39 is 0 Å². The summed E-state index contributed by atoms with van der Waals surface area (Å²) in [6.07, 6.45) is 1.61. The van der Waals surface area contributed by atoms with E-state index in [0.29, 0.717) is 34.5 Å². The lowest BCUT2D eigenvalue weighted by molar-refractivity contribution is 0.102. The van der Waals surface area contributed by atoms with Crippen molar-refractivity contribution in [1.29, 1.82) is 0 Å². The number of carbonyl (C=O) groups is 1. The molecule has 2 aromatic carbocycles. The van der Waals surface area contributed by atoms with Crippen LogP contribution in [0.3, 0.4) is 0 Å². The van der Waals surface area contributed by atoms with Gasteiger partial charge in [-0.1, -0.05) is 23.7 Å². The fourth-order valence-electron chi connectivity index (χ4n) is 2.31. The average Bonchev–Trinajstić information content (AvgIpc) is 2.69. The topological polar surface area (TPSA) is 60.5 Å². The predicted molar refractivity (Wildman–Crippen MR) is 109 cm³/mol. The van der Waals surface area contributed by atoms with E-state index in [0.717, 1.165) is 10.0 Å². The molecule has 0 saturated carbocycles. The number of methoxy groups -OCH3 is 1. The molecule has 0 aliphatic heterocycles. The molecule has 0 saturated heterocycles. The Labute approximate surface area is 170 Å². The van der Waals surface area contributed by atoms with Crippen molar-refractivity contribution in [3.05, 3.63) is 81.4 Å². The van der Waals surface area contributed by atoms with Crippen molar-refractivity contribution >= 4 is 39.3 Å². The number of pyridine rings is 1. The highest BCUT2D eigenvalue weighted by molar-refractivity contribution is 9.10. The third-order valence-electron chi connectivity index (χ3n) is 3.70. The van der Waals surface area contributed by atoms with E-state index >= 15 is 0 Å². The number of anilines is 1. The fourth-order valence-corrected chi connectivity index (χ4v) is 2.67. The number of halogens is 2. The number of carbonyl (C=O) groups excluding carboxylic acids is 1. The summed E-state index contributed by atoms with van der Waals surface area (Å²) in [6.45, 7) is 0.363. The highest BCUT2D eigenvalue weighted by atomic mass is 79.9. The molecule has 138 valence electrons. The summed E-state index contributed by atoms with van der Waals surface area (Å²) in [5.41, 5.74) is 1.42. The number of aromatic nitrogens is 1. The second-order valence-electron chi connectivity index (χ2n) is 5.60. The van der Waals surface area contributed by atoms with Gasteiger partial charge in [-0.05, 0) is 64.0 Å². The van der Waals surface area contributed by atoms with E-state index in [9.17, 15) is 4.79 Å². The second-order valence-corrected chi connectivity index (χ2v) is 6.95. The Morgan fingerprint density at radius 1 is 1.11 bits per heavy atom. The van der Waals surface area contributed by atoms with Crippen molar-refractivity contribution < 1.29 is 14.3 Å². The first-order valence-corrected chi connectivity index (χ1v) is 9.20. The van der Waals surface area contributed by atoms with Crippen molar-refractivity contribution in [1.82, 2.24) is 4.98 Å². The molecule has 0 fully saturated rings. The number of ether oxygens (including phenoxy) is 2. The molecule has 0 spiro atoms. The van der Waals surface area contributed by atoms with Crippen LogP contribution >= 0.6 is 27.5 Å². The first-order valence-electron chi connectivity index (χ1n) is 8.03. The molecule has 0 unspecified atom stereocenters. The van der Waals surface area contributed by atoms with E-state index in [2.05, 4.69) is 26.2 Å². The molecular formula is C20H16BrClN2O3. The molecule has 0 atom stereocenters. The molecule has 0 bridgehead atoms. The molecule has 1 amide bonds. The molecule has 0 aliphatic carbocycles. The highest BCUT2D eigenvalue weighted by Crippen LogP contribution is 2.29. The SMILES string of the molecule is COc1cc(C(=O)Nc2ccc(Br)cn2)ccc1OCc1ccc(Cl)cc1. The Hall–Kier alpha value is -2.57. The van der Waals surface area contributed by atoms with Gasteiger partial charge in [0.2, 0.25) is 0 Å². The molecule has 7 heteroatoms. The maximum absolute atomic E-state index is 12.4. The van der Waals surface area contributed by atoms with Crippen LogP contribution in [0.25, 0.3) is 0 Å². The quantitative estimate of drug-likeness (QED) is 0.554. The molecule has 3 rings (SSSR count). The Kier molecular flexibility index (Phi) is 6.32. The van der Waals surface area contributed by atoms with Crippen molar-refractivity contribution in [2.24, 2.45) is 0 Å². The lowest BCUT2D eigenvalue weighted by atomic mass is 10.2. The van der Waals surface area contributed by atoms with E-state index in [1.807, 2.05) is 12.1 Å². The van der Waals surface area contributed by atoms with Crippen LogP contribution in [0.2, 0.25) is 5.02 Å². The summed E-state index contributed by atoms with van der Waals surface area (Å²) in [4.78, 5) is 16.5. The van der Waals surface area contributed by atoms with Gasteiger partial charge in [0.05, 0.1) is 7.11 Å². The van der Waals surface area contributed by atoms with Crippen LogP contribution in [0.4, 0.5) is 5.82 Å². The van der Waals surface area contributed by atoms with Crippen LogP contribution < -0.4 is 14.8 Å². The number of hydrogen-bond acceptors (Lipinski definition) is 4. The summed E-state index contributed by atoms with van der Waals surface area (Å²) >= 11 is 9.19. The Morgan fingerprint density at radius 3 is 2.56 bits per heavy atom. The van der Waals surface area contributed by atoms with Crippen LogP contribution in [0.5, 0.6) is 11.5 Å². The number of hydrogen-bond donors (Lipinski definition) is 1. The molecule has 3 aromatic rings. The number of nitrogens with one attached hydrogen (secondary N) is 1. The molecule has 5 nitrogen and oxygen atoms in total. The van der Waals surface area contributed by atoms with Gasteiger partial charge < -0.3 is 14.8 Å².